The summed E-state index contributed by atoms with van der Waals surface area (Å²) in [6, 6.07) is 19.7. The number of hydrogen-bond donors (Lipinski definition) is 4. The summed E-state index contributed by atoms with van der Waals surface area (Å²) in [5, 5.41) is 16.4. The van der Waals surface area contributed by atoms with Crippen molar-refractivity contribution in [2.75, 3.05) is 57.2 Å². The van der Waals surface area contributed by atoms with Crippen LogP contribution in [0.5, 0.6) is 0 Å². The SMILES string of the molecule is CC.CO.Cc1ccc2c(C3=NNC(SCCCN4C[C@H](C)C[C@@](C)(c5ccc(NCCCS)cc5)C4)N3C)cccc2n1. The Kier molecular flexibility index (Phi) is 14.6. The Morgan fingerprint density at radius 3 is 2.57 bits per heavy atom. The van der Waals surface area contributed by atoms with Crippen molar-refractivity contribution in [3.63, 3.8) is 0 Å². The van der Waals surface area contributed by atoms with Crippen LogP contribution in [0.2, 0.25) is 0 Å². The number of benzene rings is 2. The number of aliphatic hydroxyl groups excluding tert-OH is 1. The molecule has 44 heavy (non-hydrogen) atoms. The van der Waals surface area contributed by atoms with E-state index in [2.05, 4.69) is 109 Å². The summed E-state index contributed by atoms with van der Waals surface area (Å²) in [4.78, 5) is 9.65. The highest BCUT2D eigenvalue weighted by Gasteiger charge is 2.36. The van der Waals surface area contributed by atoms with E-state index in [0.29, 0.717) is 5.92 Å². The lowest BCUT2D eigenvalue weighted by Crippen LogP contribution is -2.48. The number of likely N-dealkylation sites (tertiary alicyclic amines) is 1. The van der Waals surface area contributed by atoms with Gasteiger partial charge in [0.2, 0.25) is 0 Å². The smallest absolute Gasteiger partial charge is 0.164 e. The fraction of sp³-hybridized carbons (Fsp3) is 0.543. The van der Waals surface area contributed by atoms with E-state index in [-0.39, 0.29) is 10.9 Å². The van der Waals surface area contributed by atoms with Crippen LogP contribution in [0, 0.1) is 12.8 Å². The molecule has 0 saturated carbocycles. The Bertz CT molecular complexity index is 1320. The number of hydrazone groups is 1. The Morgan fingerprint density at radius 2 is 1.84 bits per heavy atom. The van der Waals surface area contributed by atoms with Crippen LogP contribution < -0.4 is 10.7 Å². The standard InChI is InChI=1S/C32H44N6S2.C2H6.CH4O/c1-23-20-32(3,25-11-13-26(14-12-25)33-16-6-18-39)22-38(21-23)17-7-19-40-31-36-35-30(37(31)4)28-8-5-9-29-27(28)15-10-24(2)34-29;2*1-2/h5,8-15,23,31,33,36,39H,6-7,16-22H2,1-4H3;1-2H3;2H,1H3/t23-,31?,32-;;/m1../s1. The molecule has 9 heteroatoms. The summed E-state index contributed by atoms with van der Waals surface area (Å²) in [5.74, 6) is 3.69. The second-order valence-corrected chi connectivity index (χ2v) is 13.4. The highest BCUT2D eigenvalue weighted by Crippen LogP contribution is 2.37. The molecule has 0 bridgehead atoms. The van der Waals surface area contributed by atoms with E-state index in [9.17, 15) is 0 Å². The summed E-state index contributed by atoms with van der Waals surface area (Å²) in [7, 11) is 3.13. The predicted molar refractivity (Wildman–Crippen MR) is 195 cm³/mol. The maximum Gasteiger partial charge on any atom is 0.164 e. The number of hydrogen-bond acceptors (Lipinski definition) is 9. The molecular weight excluding hydrogens is 585 g/mol. The Balaban J connectivity index is 0.00000127. The van der Waals surface area contributed by atoms with Gasteiger partial charge in [0.05, 0.1) is 5.52 Å². The number of nitrogens with zero attached hydrogens (tertiary/aromatic N) is 4. The number of fused-ring (bicyclic) bond motifs is 1. The molecule has 0 spiro atoms. The lowest BCUT2D eigenvalue weighted by Gasteiger charge is -2.44. The number of anilines is 1. The Hall–Kier alpha value is -2.46. The predicted octanol–water partition coefficient (Wildman–Crippen LogP) is 6.81. The van der Waals surface area contributed by atoms with E-state index in [4.69, 9.17) is 15.2 Å². The van der Waals surface area contributed by atoms with Crippen LogP contribution in [-0.4, -0.2) is 83.1 Å². The third-order valence-corrected chi connectivity index (χ3v) is 9.74. The van der Waals surface area contributed by atoms with Gasteiger partial charge in [0.25, 0.3) is 0 Å². The number of thiol groups is 1. The lowest BCUT2D eigenvalue weighted by molar-refractivity contribution is 0.116. The first kappa shape index (κ1) is 36.0. The average molecular weight is 639 g/mol. The van der Waals surface area contributed by atoms with Crippen LogP contribution in [0.25, 0.3) is 10.9 Å². The first-order chi connectivity index (χ1) is 21.4. The molecule has 1 unspecified atom stereocenters. The summed E-state index contributed by atoms with van der Waals surface area (Å²) >= 11 is 6.25. The number of amidine groups is 1. The van der Waals surface area contributed by atoms with E-state index in [1.54, 1.807) is 0 Å². The summed E-state index contributed by atoms with van der Waals surface area (Å²) < 4.78 is 0. The average Bonchev–Trinajstić information content (AvgIpc) is 3.40. The molecule has 3 N–H and O–H groups in total. The van der Waals surface area contributed by atoms with Crippen molar-refractivity contribution in [3.8, 4) is 0 Å². The van der Waals surface area contributed by atoms with E-state index in [1.165, 1.54) is 30.6 Å². The molecule has 0 radical (unpaired) electrons. The van der Waals surface area contributed by atoms with Crippen molar-refractivity contribution in [1.29, 1.82) is 0 Å². The molecule has 3 atom stereocenters. The second kappa shape index (κ2) is 17.9. The van der Waals surface area contributed by atoms with E-state index < -0.39 is 0 Å². The molecule has 242 valence electrons. The zero-order chi connectivity index (χ0) is 32.1. The highest BCUT2D eigenvalue weighted by atomic mass is 32.2. The molecule has 1 saturated heterocycles. The fourth-order valence-corrected chi connectivity index (χ4v) is 7.43. The zero-order valence-electron chi connectivity index (χ0n) is 27.8. The maximum atomic E-state index is 7.00. The molecule has 7 nitrogen and oxygen atoms in total. The van der Waals surface area contributed by atoms with Crippen molar-refractivity contribution in [1.82, 2.24) is 20.2 Å². The first-order valence-corrected chi connectivity index (χ1v) is 17.7. The van der Waals surface area contributed by atoms with Gasteiger partial charge in [-0.3, -0.25) is 10.4 Å². The number of rotatable bonds is 11. The van der Waals surface area contributed by atoms with Crippen molar-refractivity contribution < 1.29 is 5.11 Å². The van der Waals surface area contributed by atoms with Crippen molar-refractivity contribution >= 4 is 46.8 Å². The molecule has 0 amide bonds. The van der Waals surface area contributed by atoms with Crippen molar-refractivity contribution in [3.05, 3.63) is 71.4 Å². The lowest BCUT2D eigenvalue weighted by atomic mass is 9.72. The highest BCUT2D eigenvalue weighted by molar-refractivity contribution is 7.99. The minimum absolute atomic E-state index is 0.147. The zero-order valence-corrected chi connectivity index (χ0v) is 29.5. The van der Waals surface area contributed by atoms with Crippen molar-refractivity contribution in [2.45, 2.75) is 64.8 Å². The van der Waals surface area contributed by atoms with Crippen LogP contribution in [0.15, 0.2) is 59.7 Å². The number of thioether (sulfide) groups is 1. The number of aromatic nitrogens is 1. The van der Waals surface area contributed by atoms with Crippen LogP contribution >= 0.6 is 24.4 Å². The molecule has 3 aromatic rings. The van der Waals surface area contributed by atoms with E-state index in [0.717, 1.165) is 72.7 Å². The van der Waals surface area contributed by atoms with Gasteiger partial charge in [-0.05, 0) is 80.0 Å². The van der Waals surface area contributed by atoms with Gasteiger partial charge >= 0.3 is 0 Å². The largest absolute Gasteiger partial charge is 0.400 e. The number of nitrogens with one attached hydrogen (secondary N) is 2. The van der Waals surface area contributed by atoms with Crippen LogP contribution in [-0.2, 0) is 5.41 Å². The molecule has 1 fully saturated rings. The summed E-state index contributed by atoms with van der Waals surface area (Å²) in [6.45, 7) is 15.3. The van der Waals surface area contributed by atoms with Gasteiger partial charge in [0.1, 0.15) is 0 Å². The minimum Gasteiger partial charge on any atom is -0.400 e. The first-order valence-electron chi connectivity index (χ1n) is 16.0. The second-order valence-electron chi connectivity index (χ2n) is 11.8. The van der Waals surface area contributed by atoms with Crippen LogP contribution in [0.1, 0.15) is 63.8 Å². The number of piperidine rings is 1. The van der Waals surface area contributed by atoms with Crippen LogP contribution in [0.4, 0.5) is 5.69 Å². The Labute approximate surface area is 275 Å². The van der Waals surface area contributed by atoms with Crippen LogP contribution in [0.3, 0.4) is 0 Å². The van der Waals surface area contributed by atoms with Gasteiger partial charge in [-0.25, -0.2) is 0 Å². The molecule has 5 rings (SSSR count). The van der Waals surface area contributed by atoms with Gasteiger partial charge in [-0.2, -0.15) is 17.7 Å². The number of pyridine rings is 1. The molecule has 3 heterocycles. The molecule has 2 aliphatic heterocycles. The molecular formula is C35H54N6OS2. The molecule has 0 aliphatic carbocycles. The third kappa shape index (κ3) is 9.28. The molecule has 2 aromatic carbocycles. The summed E-state index contributed by atoms with van der Waals surface area (Å²) in [5.41, 5.74) is 9.55. The molecule has 1 aromatic heterocycles. The maximum absolute atomic E-state index is 7.00. The topological polar surface area (TPSA) is 76.0 Å². The van der Waals surface area contributed by atoms with E-state index >= 15 is 0 Å². The minimum atomic E-state index is 0.147. The fourth-order valence-electron chi connectivity index (χ4n) is 6.31. The van der Waals surface area contributed by atoms with Crippen molar-refractivity contribution in [2.24, 2.45) is 11.0 Å². The Morgan fingerprint density at radius 1 is 1.09 bits per heavy atom. The third-order valence-electron chi connectivity index (χ3n) is 8.16. The van der Waals surface area contributed by atoms with E-state index in [1.807, 2.05) is 32.5 Å². The molecule has 2 aliphatic rings. The number of aliphatic hydroxyl groups is 1. The normalized spacial score (nSPS) is 21.5. The summed E-state index contributed by atoms with van der Waals surface area (Å²) in [6.07, 6.45) is 3.49. The van der Waals surface area contributed by atoms with Gasteiger partial charge in [-0.15, -0.1) is 11.8 Å². The van der Waals surface area contributed by atoms with Gasteiger partial charge < -0.3 is 20.2 Å². The number of aryl methyl sites for hydroxylation is 1. The van der Waals surface area contributed by atoms with Gasteiger partial charge in [0, 0.05) is 61.5 Å². The van der Waals surface area contributed by atoms with Gasteiger partial charge in [-0.1, -0.05) is 58.0 Å². The van der Waals surface area contributed by atoms with Gasteiger partial charge in [0.15, 0.2) is 11.3 Å². The monoisotopic (exact) mass is 638 g/mol. The quantitative estimate of drug-likeness (QED) is 0.136.